The van der Waals surface area contributed by atoms with Crippen LogP contribution < -0.4 is 0 Å². The topological polar surface area (TPSA) is 52.6 Å². The first-order valence-electron chi connectivity index (χ1n) is 8.80. The number of ether oxygens (including phenoxy) is 1. The van der Waals surface area contributed by atoms with Crippen LogP contribution in [0.15, 0.2) is 69.3 Å². The number of carbonyl (C=O) groups excluding carboxylic acids is 1. The summed E-state index contributed by atoms with van der Waals surface area (Å²) in [7, 11) is 0. The standard InChI is InChI=1S/C21H24O4/c1-16(4-2-5-17-8-10-23-14-17)12-20-13-19(21(22)25-20)7-3-6-18-9-11-24-15-18/h7-12,14-15,20H,2-6,13H2,1H3/b16-12+,19-7-/t20-/m0/s1. The van der Waals surface area contributed by atoms with Gasteiger partial charge in [-0.15, -0.1) is 0 Å². The van der Waals surface area contributed by atoms with Crippen molar-refractivity contribution in [3.63, 3.8) is 0 Å². The van der Waals surface area contributed by atoms with Gasteiger partial charge >= 0.3 is 5.97 Å². The zero-order valence-corrected chi connectivity index (χ0v) is 14.6. The first kappa shape index (κ1) is 17.3. The Morgan fingerprint density at radius 2 is 1.88 bits per heavy atom. The van der Waals surface area contributed by atoms with Crippen molar-refractivity contribution in [2.75, 3.05) is 0 Å². The molecule has 0 N–H and O–H groups in total. The molecule has 1 fully saturated rings. The average molecular weight is 340 g/mol. The molecule has 2 aromatic heterocycles. The molecule has 0 amide bonds. The lowest BCUT2D eigenvalue weighted by atomic mass is 10.0. The zero-order valence-electron chi connectivity index (χ0n) is 14.6. The number of hydrogen-bond acceptors (Lipinski definition) is 4. The minimum atomic E-state index is -0.181. The monoisotopic (exact) mass is 340 g/mol. The molecule has 132 valence electrons. The normalized spacial score (nSPS) is 19.6. The number of furan rings is 2. The van der Waals surface area contributed by atoms with Crippen molar-refractivity contribution in [2.24, 2.45) is 0 Å². The lowest BCUT2D eigenvalue weighted by Crippen LogP contribution is -2.03. The van der Waals surface area contributed by atoms with Crippen molar-refractivity contribution in [2.45, 2.75) is 51.6 Å². The summed E-state index contributed by atoms with van der Waals surface area (Å²) < 4.78 is 15.6. The van der Waals surface area contributed by atoms with Crippen LogP contribution in [0.3, 0.4) is 0 Å². The summed E-state index contributed by atoms with van der Waals surface area (Å²) in [6.07, 6.45) is 16.3. The van der Waals surface area contributed by atoms with E-state index >= 15 is 0 Å². The van der Waals surface area contributed by atoms with Crippen LogP contribution in [0.4, 0.5) is 0 Å². The number of rotatable bonds is 8. The lowest BCUT2D eigenvalue weighted by Gasteiger charge is -2.05. The van der Waals surface area contributed by atoms with Crippen LogP contribution in [0.1, 0.15) is 43.7 Å². The van der Waals surface area contributed by atoms with Crippen molar-refractivity contribution in [3.05, 3.63) is 71.6 Å². The van der Waals surface area contributed by atoms with E-state index < -0.39 is 0 Å². The van der Waals surface area contributed by atoms with Gasteiger partial charge in [-0.3, -0.25) is 0 Å². The van der Waals surface area contributed by atoms with E-state index in [4.69, 9.17) is 13.6 Å². The third-order valence-corrected chi connectivity index (χ3v) is 4.43. The van der Waals surface area contributed by atoms with Gasteiger partial charge in [0.25, 0.3) is 0 Å². The maximum Gasteiger partial charge on any atom is 0.334 e. The highest BCUT2D eigenvalue weighted by atomic mass is 16.5. The van der Waals surface area contributed by atoms with Gasteiger partial charge < -0.3 is 13.6 Å². The summed E-state index contributed by atoms with van der Waals surface area (Å²) in [5.74, 6) is -0.181. The highest BCUT2D eigenvalue weighted by Crippen LogP contribution is 2.24. The predicted octanol–water partition coefficient (Wildman–Crippen LogP) is 5.02. The molecule has 1 aliphatic heterocycles. The average Bonchev–Trinajstić information content (AvgIpc) is 3.31. The summed E-state index contributed by atoms with van der Waals surface area (Å²) in [5, 5.41) is 0. The maximum absolute atomic E-state index is 12.0. The van der Waals surface area contributed by atoms with E-state index in [1.165, 1.54) is 11.1 Å². The Kier molecular flexibility index (Phi) is 5.94. The van der Waals surface area contributed by atoms with Crippen LogP contribution in [0.2, 0.25) is 0 Å². The molecule has 0 aromatic carbocycles. The van der Waals surface area contributed by atoms with Crippen molar-refractivity contribution < 1.29 is 18.4 Å². The second kappa shape index (κ2) is 8.56. The van der Waals surface area contributed by atoms with Crippen LogP contribution in [-0.4, -0.2) is 12.1 Å². The van der Waals surface area contributed by atoms with Gasteiger partial charge in [0.2, 0.25) is 0 Å². The number of cyclic esters (lactones) is 1. The first-order chi connectivity index (χ1) is 12.2. The second-order valence-electron chi connectivity index (χ2n) is 6.55. The Hall–Kier alpha value is -2.49. The molecule has 0 unspecified atom stereocenters. The molecule has 0 aliphatic carbocycles. The summed E-state index contributed by atoms with van der Waals surface area (Å²) in [5.41, 5.74) is 4.42. The molecular weight excluding hydrogens is 316 g/mol. The van der Waals surface area contributed by atoms with Crippen molar-refractivity contribution >= 4 is 5.97 Å². The van der Waals surface area contributed by atoms with Gasteiger partial charge in [-0.25, -0.2) is 4.79 Å². The maximum atomic E-state index is 12.0. The van der Waals surface area contributed by atoms with Crippen molar-refractivity contribution in [1.29, 1.82) is 0 Å². The van der Waals surface area contributed by atoms with E-state index in [0.717, 1.165) is 43.2 Å². The van der Waals surface area contributed by atoms with Gasteiger partial charge in [-0.2, -0.15) is 0 Å². The predicted molar refractivity (Wildman–Crippen MR) is 95.0 cm³/mol. The number of carbonyl (C=O) groups is 1. The Morgan fingerprint density at radius 3 is 2.56 bits per heavy atom. The lowest BCUT2D eigenvalue weighted by molar-refractivity contribution is -0.137. The third-order valence-electron chi connectivity index (χ3n) is 4.43. The van der Waals surface area contributed by atoms with Gasteiger partial charge in [-0.1, -0.05) is 11.6 Å². The molecule has 1 aliphatic rings. The summed E-state index contributed by atoms with van der Waals surface area (Å²) in [6, 6.07) is 3.95. The van der Waals surface area contributed by atoms with E-state index in [1.54, 1.807) is 25.1 Å². The quantitative estimate of drug-likeness (QED) is 0.385. The van der Waals surface area contributed by atoms with Crippen LogP contribution in [0.25, 0.3) is 0 Å². The fraction of sp³-hybridized carbons (Fsp3) is 0.381. The Bertz CT molecular complexity index is 720. The molecule has 1 atom stereocenters. The summed E-state index contributed by atoms with van der Waals surface area (Å²) >= 11 is 0. The number of hydrogen-bond donors (Lipinski definition) is 0. The van der Waals surface area contributed by atoms with E-state index in [-0.39, 0.29) is 12.1 Å². The minimum absolute atomic E-state index is 0.124. The van der Waals surface area contributed by atoms with Gasteiger partial charge in [0.15, 0.2) is 0 Å². The molecule has 3 rings (SSSR count). The molecule has 2 aromatic rings. The van der Waals surface area contributed by atoms with Gasteiger partial charge in [0, 0.05) is 12.0 Å². The van der Waals surface area contributed by atoms with Crippen LogP contribution in [0.5, 0.6) is 0 Å². The summed E-state index contributed by atoms with van der Waals surface area (Å²) in [6.45, 7) is 2.10. The molecule has 4 nitrogen and oxygen atoms in total. The first-order valence-corrected chi connectivity index (χ1v) is 8.80. The van der Waals surface area contributed by atoms with E-state index in [0.29, 0.717) is 6.42 Å². The van der Waals surface area contributed by atoms with E-state index in [1.807, 2.05) is 18.2 Å². The van der Waals surface area contributed by atoms with E-state index in [2.05, 4.69) is 13.0 Å². The molecule has 1 saturated heterocycles. The van der Waals surface area contributed by atoms with Crippen molar-refractivity contribution in [3.8, 4) is 0 Å². The highest BCUT2D eigenvalue weighted by Gasteiger charge is 2.26. The minimum Gasteiger partial charge on any atom is -0.472 e. The summed E-state index contributed by atoms with van der Waals surface area (Å²) in [4.78, 5) is 12.0. The molecule has 0 saturated carbocycles. The second-order valence-corrected chi connectivity index (χ2v) is 6.55. The Labute approximate surface area is 148 Å². The van der Waals surface area contributed by atoms with Crippen LogP contribution in [0, 0.1) is 0 Å². The zero-order chi connectivity index (χ0) is 17.5. The van der Waals surface area contributed by atoms with Gasteiger partial charge in [0.1, 0.15) is 6.10 Å². The molecule has 0 spiro atoms. The van der Waals surface area contributed by atoms with Crippen LogP contribution in [-0.2, 0) is 22.4 Å². The van der Waals surface area contributed by atoms with Crippen molar-refractivity contribution in [1.82, 2.24) is 0 Å². The number of aryl methyl sites for hydroxylation is 2. The molecule has 3 heterocycles. The largest absolute Gasteiger partial charge is 0.472 e. The number of allylic oxidation sites excluding steroid dienone is 2. The highest BCUT2D eigenvalue weighted by molar-refractivity contribution is 5.90. The van der Waals surface area contributed by atoms with Gasteiger partial charge in [-0.05, 0) is 68.4 Å². The fourth-order valence-corrected chi connectivity index (χ4v) is 3.07. The Morgan fingerprint density at radius 1 is 1.16 bits per heavy atom. The molecule has 25 heavy (non-hydrogen) atoms. The number of esters is 1. The molecule has 4 heteroatoms. The third kappa shape index (κ3) is 5.24. The van der Waals surface area contributed by atoms with E-state index in [9.17, 15) is 4.79 Å². The van der Waals surface area contributed by atoms with Gasteiger partial charge in [0.05, 0.1) is 25.1 Å². The Balaban J connectivity index is 1.44. The smallest absolute Gasteiger partial charge is 0.334 e. The molecule has 0 radical (unpaired) electrons. The SMILES string of the molecule is C/C(=C\[C@H]1C/C(=C/CCc2ccoc2)C(=O)O1)CCCc1ccoc1. The molecule has 0 bridgehead atoms. The molecular formula is C21H24O4. The fourth-order valence-electron chi connectivity index (χ4n) is 3.07. The van der Waals surface area contributed by atoms with Crippen LogP contribution >= 0.6 is 0 Å².